The Hall–Kier alpha value is -1.01. The number of hydrogen-bond donors (Lipinski definition) is 0. The second-order valence-electron chi connectivity index (χ2n) is 2.79. The largest absolute Gasteiger partial charge is 0.375 e. The molecule has 0 bridgehead atoms. The van der Waals surface area contributed by atoms with Crippen LogP contribution in [0.25, 0.3) is 0 Å². The second-order valence-corrected chi connectivity index (χ2v) is 3.64. The summed E-state index contributed by atoms with van der Waals surface area (Å²) in [6, 6.07) is 7.85. The van der Waals surface area contributed by atoms with E-state index in [4.69, 9.17) is 5.26 Å². The van der Waals surface area contributed by atoms with Crippen LogP contribution in [0.2, 0.25) is 0 Å². The normalized spacial score (nSPS) is 9.38. The van der Waals surface area contributed by atoms with Crippen LogP contribution in [-0.4, -0.2) is 13.6 Å². The Morgan fingerprint density at radius 2 is 2.23 bits per heavy atom. The molecule has 0 radical (unpaired) electrons. The molecule has 68 valence electrons. The molecule has 13 heavy (non-hydrogen) atoms. The van der Waals surface area contributed by atoms with Gasteiger partial charge >= 0.3 is 0 Å². The molecule has 0 aliphatic rings. The maximum Gasteiger partial charge on any atom is 0.100 e. The summed E-state index contributed by atoms with van der Waals surface area (Å²) >= 11 is 3.36. The van der Waals surface area contributed by atoms with Gasteiger partial charge in [-0.2, -0.15) is 5.26 Å². The van der Waals surface area contributed by atoms with Gasteiger partial charge in [-0.3, -0.25) is 0 Å². The molecule has 0 N–H and O–H groups in total. The molecule has 1 rings (SSSR count). The van der Waals surface area contributed by atoms with Gasteiger partial charge in [0.1, 0.15) is 6.07 Å². The van der Waals surface area contributed by atoms with E-state index < -0.39 is 0 Å². The number of halogens is 1. The number of nitrogens with zero attached hydrogens (tertiary/aromatic N) is 2. The van der Waals surface area contributed by atoms with Crippen molar-refractivity contribution >= 4 is 21.6 Å². The van der Waals surface area contributed by atoms with Crippen LogP contribution in [0.5, 0.6) is 0 Å². The van der Waals surface area contributed by atoms with Crippen molar-refractivity contribution in [3.63, 3.8) is 0 Å². The minimum atomic E-state index is 0.674. The van der Waals surface area contributed by atoms with Gasteiger partial charge in [0.05, 0.1) is 5.56 Å². The van der Waals surface area contributed by atoms with Crippen molar-refractivity contribution in [2.45, 2.75) is 6.92 Å². The third-order valence-electron chi connectivity index (χ3n) is 1.99. The summed E-state index contributed by atoms with van der Waals surface area (Å²) in [6.07, 6.45) is 0. The van der Waals surface area contributed by atoms with E-state index in [0.717, 1.165) is 16.7 Å². The minimum absolute atomic E-state index is 0.674. The van der Waals surface area contributed by atoms with Crippen molar-refractivity contribution in [3.05, 3.63) is 28.2 Å². The minimum Gasteiger partial charge on any atom is -0.375 e. The van der Waals surface area contributed by atoms with Crippen molar-refractivity contribution in [2.24, 2.45) is 0 Å². The zero-order chi connectivity index (χ0) is 9.84. The predicted octanol–water partition coefficient (Wildman–Crippen LogP) is 2.78. The third kappa shape index (κ3) is 2.22. The molecule has 1 aromatic carbocycles. The molecule has 0 saturated heterocycles. The van der Waals surface area contributed by atoms with Crippen LogP contribution >= 0.6 is 15.9 Å². The number of anilines is 1. The molecule has 0 atom stereocenters. The van der Waals surface area contributed by atoms with E-state index in [9.17, 15) is 0 Å². The van der Waals surface area contributed by atoms with Gasteiger partial charge < -0.3 is 4.90 Å². The Bertz CT molecular complexity index is 341. The molecule has 1 aromatic rings. The number of hydrogen-bond acceptors (Lipinski definition) is 2. The Labute approximate surface area is 86.9 Å². The first-order valence-electron chi connectivity index (χ1n) is 4.09. The van der Waals surface area contributed by atoms with Gasteiger partial charge in [0.15, 0.2) is 0 Å². The van der Waals surface area contributed by atoms with E-state index in [1.165, 1.54) is 0 Å². The maximum atomic E-state index is 8.71. The van der Waals surface area contributed by atoms with E-state index in [0.29, 0.717) is 5.56 Å². The molecule has 0 saturated carbocycles. The first kappa shape index (κ1) is 10.1. The van der Waals surface area contributed by atoms with Gasteiger partial charge in [-0.05, 0) is 41.1 Å². The Morgan fingerprint density at radius 1 is 1.54 bits per heavy atom. The summed E-state index contributed by atoms with van der Waals surface area (Å²) < 4.78 is 0.854. The summed E-state index contributed by atoms with van der Waals surface area (Å²) in [5.74, 6) is 0. The first-order valence-corrected chi connectivity index (χ1v) is 4.89. The monoisotopic (exact) mass is 238 g/mol. The zero-order valence-electron chi connectivity index (χ0n) is 7.71. The van der Waals surface area contributed by atoms with Gasteiger partial charge in [0.2, 0.25) is 0 Å². The second kappa shape index (κ2) is 4.29. The van der Waals surface area contributed by atoms with E-state index in [1.807, 2.05) is 25.2 Å². The topological polar surface area (TPSA) is 27.0 Å². The molecule has 0 spiro atoms. The molecule has 2 nitrogen and oxygen atoms in total. The Morgan fingerprint density at radius 3 is 2.69 bits per heavy atom. The van der Waals surface area contributed by atoms with Crippen molar-refractivity contribution in [1.29, 1.82) is 5.26 Å². The molecular formula is C10H11BrN2. The van der Waals surface area contributed by atoms with E-state index >= 15 is 0 Å². The molecule has 0 unspecified atom stereocenters. The standard InChI is InChI=1S/C10H11BrN2/c1-3-13(2)9-5-4-8(7-12)10(11)6-9/h4-6H,3H2,1-2H3. The summed E-state index contributed by atoms with van der Waals surface area (Å²) in [6.45, 7) is 3.05. The van der Waals surface area contributed by atoms with Crippen molar-refractivity contribution in [1.82, 2.24) is 0 Å². The van der Waals surface area contributed by atoms with Crippen molar-refractivity contribution < 1.29 is 0 Å². The van der Waals surface area contributed by atoms with Crippen LogP contribution in [0, 0.1) is 11.3 Å². The molecule has 3 heteroatoms. The fourth-order valence-electron chi connectivity index (χ4n) is 1.01. The molecule has 0 aliphatic heterocycles. The molecule has 0 amide bonds. The fraction of sp³-hybridized carbons (Fsp3) is 0.300. The van der Waals surface area contributed by atoms with Gasteiger partial charge in [-0.15, -0.1) is 0 Å². The number of nitriles is 1. The van der Waals surface area contributed by atoms with E-state index in [-0.39, 0.29) is 0 Å². The van der Waals surface area contributed by atoms with Crippen LogP contribution in [0.4, 0.5) is 5.69 Å². The highest BCUT2D eigenvalue weighted by molar-refractivity contribution is 9.10. The SMILES string of the molecule is CCN(C)c1ccc(C#N)c(Br)c1. The lowest BCUT2D eigenvalue weighted by molar-refractivity contribution is 0.967. The summed E-state index contributed by atoms with van der Waals surface area (Å²) in [4.78, 5) is 2.12. The molecule has 0 heterocycles. The molecular weight excluding hydrogens is 228 g/mol. The summed E-state index contributed by atoms with van der Waals surface area (Å²) in [7, 11) is 2.02. The van der Waals surface area contributed by atoms with Crippen molar-refractivity contribution in [3.8, 4) is 6.07 Å². The van der Waals surface area contributed by atoms with Gasteiger partial charge in [0, 0.05) is 23.8 Å². The van der Waals surface area contributed by atoms with Crippen LogP contribution in [0.15, 0.2) is 22.7 Å². The van der Waals surface area contributed by atoms with Crippen molar-refractivity contribution in [2.75, 3.05) is 18.5 Å². The highest BCUT2D eigenvalue weighted by atomic mass is 79.9. The first-order chi connectivity index (χ1) is 6.19. The fourth-order valence-corrected chi connectivity index (χ4v) is 1.47. The Balaban J connectivity index is 3.04. The van der Waals surface area contributed by atoms with E-state index in [2.05, 4.69) is 33.8 Å². The molecule has 0 fully saturated rings. The van der Waals surface area contributed by atoms with Gasteiger partial charge in [-0.1, -0.05) is 0 Å². The average molecular weight is 239 g/mol. The van der Waals surface area contributed by atoms with Crippen LogP contribution in [0.1, 0.15) is 12.5 Å². The van der Waals surface area contributed by atoms with Gasteiger partial charge in [-0.25, -0.2) is 0 Å². The maximum absolute atomic E-state index is 8.71. The molecule has 0 aliphatic carbocycles. The third-order valence-corrected chi connectivity index (χ3v) is 2.64. The summed E-state index contributed by atoms with van der Waals surface area (Å²) in [5.41, 5.74) is 1.79. The van der Waals surface area contributed by atoms with Crippen LogP contribution < -0.4 is 4.90 Å². The number of rotatable bonds is 2. The highest BCUT2D eigenvalue weighted by Gasteiger charge is 2.02. The lowest BCUT2D eigenvalue weighted by Gasteiger charge is -2.16. The quantitative estimate of drug-likeness (QED) is 0.793. The van der Waals surface area contributed by atoms with Crippen LogP contribution in [0.3, 0.4) is 0 Å². The van der Waals surface area contributed by atoms with Gasteiger partial charge in [0.25, 0.3) is 0 Å². The summed E-state index contributed by atoms with van der Waals surface area (Å²) in [5, 5.41) is 8.71. The lowest BCUT2D eigenvalue weighted by Crippen LogP contribution is -2.15. The smallest absolute Gasteiger partial charge is 0.100 e. The predicted molar refractivity (Wildman–Crippen MR) is 57.8 cm³/mol. The lowest BCUT2D eigenvalue weighted by atomic mass is 10.2. The van der Waals surface area contributed by atoms with Crippen LogP contribution in [-0.2, 0) is 0 Å². The Kier molecular flexibility index (Phi) is 3.32. The van der Waals surface area contributed by atoms with E-state index in [1.54, 1.807) is 0 Å². The number of benzene rings is 1. The average Bonchev–Trinajstić information content (AvgIpc) is 2.16. The highest BCUT2D eigenvalue weighted by Crippen LogP contribution is 2.22. The zero-order valence-corrected chi connectivity index (χ0v) is 9.30. The molecule has 0 aromatic heterocycles.